The van der Waals surface area contributed by atoms with E-state index in [-0.39, 0.29) is 30.7 Å². The van der Waals surface area contributed by atoms with Crippen molar-refractivity contribution in [2.45, 2.75) is 12.8 Å². The summed E-state index contributed by atoms with van der Waals surface area (Å²) in [4.78, 5) is 16.5. The predicted molar refractivity (Wildman–Crippen MR) is 105 cm³/mol. The lowest BCUT2D eigenvalue weighted by Crippen LogP contribution is -2.26. The van der Waals surface area contributed by atoms with E-state index in [9.17, 15) is 4.79 Å². The van der Waals surface area contributed by atoms with Gasteiger partial charge in [-0.15, -0.1) is 36.2 Å². The predicted octanol–water partition coefficient (Wildman–Crippen LogP) is 4.04. The lowest BCUT2D eigenvalue weighted by molar-refractivity contribution is 0.0947. The molecule has 24 heavy (non-hydrogen) atoms. The molecule has 0 bridgehead atoms. The van der Waals surface area contributed by atoms with Crippen LogP contribution in [0.1, 0.15) is 23.3 Å². The number of hydrogen-bond acceptors (Lipinski definition) is 4. The summed E-state index contributed by atoms with van der Waals surface area (Å²) in [6.07, 6.45) is 2.22. The van der Waals surface area contributed by atoms with E-state index in [1.54, 1.807) is 5.38 Å². The van der Waals surface area contributed by atoms with Crippen LogP contribution in [-0.2, 0) is 0 Å². The van der Waals surface area contributed by atoms with Crippen LogP contribution < -0.4 is 10.6 Å². The van der Waals surface area contributed by atoms with Gasteiger partial charge in [0.25, 0.3) is 5.91 Å². The molecule has 1 aliphatic rings. The van der Waals surface area contributed by atoms with Gasteiger partial charge < -0.3 is 10.6 Å². The quantitative estimate of drug-likeness (QED) is 0.785. The van der Waals surface area contributed by atoms with E-state index < -0.39 is 0 Å². The molecule has 1 atom stereocenters. The van der Waals surface area contributed by atoms with Crippen molar-refractivity contribution < 1.29 is 4.79 Å². The van der Waals surface area contributed by atoms with Gasteiger partial charge in [-0.25, -0.2) is 4.98 Å². The zero-order valence-electron chi connectivity index (χ0n) is 13.0. The Morgan fingerprint density at radius 2 is 2.25 bits per heavy atom. The van der Waals surface area contributed by atoms with Gasteiger partial charge in [0.2, 0.25) is 0 Å². The second kappa shape index (κ2) is 10.2. The molecule has 1 aliphatic heterocycles. The Labute approximate surface area is 163 Å². The Balaban J connectivity index is 0.00000144. The number of carbonyl (C=O) groups is 1. The van der Waals surface area contributed by atoms with E-state index in [4.69, 9.17) is 11.6 Å². The van der Waals surface area contributed by atoms with Gasteiger partial charge in [0, 0.05) is 22.5 Å². The smallest absolute Gasteiger partial charge is 0.270 e. The fraction of sp³-hybridized carbons (Fsp3) is 0.375. The van der Waals surface area contributed by atoms with Crippen LogP contribution in [0.25, 0.3) is 10.6 Å². The van der Waals surface area contributed by atoms with Crippen LogP contribution in [0.5, 0.6) is 0 Å². The second-order valence-electron chi connectivity index (χ2n) is 5.45. The van der Waals surface area contributed by atoms with Crippen LogP contribution in [0.3, 0.4) is 0 Å². The number of halogens is 3. The number of nitrogens with one attached hydrogen (secondary N) is 2. The lowest BCUT2D eigenvalue weighted by Gasteiger charge is -2.08. The third kappa shape index (κ3) is 5.60. The van der Waals surface area contributed by atoms with E-state index >= 15 is 0 Å². The number of aromatic nitrogens is 1. The largest absolute Gasteiger partial charge is 0.351 e. The summed E-state index contributed by atoms with van der Waals surface area (Å²) in [7, 11) is 0. The summed E-state index contributed by atoms with van der Waals surface area (Å²) in [5.41, 5.74) is 1.41. The molecule has 1 aromatic carbocycles. The van der Waals surface area contributed by atoms with E-state index in [1.807, 2.05) is 24.3 Å². The first-order valence-corrected chi connectivity index (χ1v) is 8.68. The highest BCUT2D eigenvalue weighted by Crippen LogP contribution is 2.26. The van der Waals surface area contributed by atoms with Crippen molar-refractivity contribution in [3.8, 4) is 10.6 Å². The van der Waals surface area contributed by atoms with E-state index in [0.717, 1.165) is 30.1 Å². The zero-order valence-corrected chi connectivity index (χ0v) is 16.2. The van der Waals surface area contributed by atoms with Crippen molar-refractivity contribution in [1.82, 2.24) is 15.6 Å². The minimum absolute atomic E-state index is 0. The molecule has 0 spiro atoms. The summed E-state index contributed by atoms with van der Waals surface area (Å²) in [6, 6.07) is 7.51. The van der Waals surface area contributed by atoms with Gasteiger partial charge in [0.1, 0.15) is 10.7 Å². The Morgan fingerprint density at radius 3 is 2.96 bits per heavy atom. The van der Waals surface area contributed by atoms with Gasteiger partial charge >= 0.3 is 0 Å². The highest BCUT2D eigenvalue weighted by Gasteiger charge is 2.15. The maximum Gasteiger partial charge on any atom is 0.270 e. The van der Waals surface area contributed by atoms with Crippen LogP contribution in [0.15, 0.2) is 29.6 Å². The topological polar surface area (TPSA) is 54.0 Å². The van der Waals surface area contributed by atoms with Crippen molar-refractivity contribution in [2.24, 2.45) is 5.92 Å². The molecule has 1 saturated heterocycles. The van der Waals surface area contributed by atoms with Gasteiger partial charge in [-0.05, 0) is 44.0 Å². The molecule has 1 aromatic heterocycles. The molecule has 0 saturated carbocycles. The molecular formula is C16H20Cl3N3OS. The Bertz CT molecular complexity index is 660. The van der Waals surface area contributed by atoms with Crippen molar-refractivity contribution in [1.29, 1.82) is 0 Å². The van der Waals surface area contributed by atoms with E-state index in [1.165, 1.54) is 17.8 Å². The molecule has 3 rings (SSSR count). The van der Waals surface area contributed by atoms with Crippen LogP contribution in [0.4, 0.5) is 0 Å². The van der Waals surface area contributed by atoms with Crippen molar-refractivity contribution in [2.75, 3.05) is 19.6 Å². The van der Waals surface area contributed by atoms with E-state index in [0.29, 0.717) is 23.2 Å². The average molecular weight is 409 g/mol. The Morgan fingerprint density at radius 1 is 1.42 bits per heavy atom. The number of carbonyl (C=O) groups excluding carboxylic acids is 1. The standard InChI is InChI=1S/C16H18ClN3OS.2ClH/c17-13-3-1-2-12(8-13)16-20-14(10-22-16)15(21)19-7-5-11-4-6-18-9-11;;/h1-3,8,10-11,18H,4-7,9H2,(H,19,21);2*1H. The first kappa shape index (κ1) is 21.2. The van der Waals surface area contributed by atoms with Crippen molar-refractivity contribution in [3.05, 3.63) is 40.4 Å². The monoisotopic (exact) mass is 407 g/mol. The third-order valence-electron chi connectivity index (χ3n) is 3.81. The number of thiazole rings is 1. The minimum Gasteiger partial charge on any atom is -0.351 e. The lowest BCUT2D eigenvalue weighted by atomic mass is 10.1. The maximum absolute atomic E-state index is 12.1. The Hall–Kier alpha value is -0.850. The van der Waals surface area contributed by atoms with Crippen LogP contribution >= 0.6 is 47.8 Å². The molecule has 2 heterocycles. The Kier molecular flexibility index (Phi) is 9.02. The number of nitrogens with zero attached hydrogens (tertiary/aromatic N) is 1. The van der Waals surface area contributed by atoms with E-state index in [2.05, 4.69) is 15.6 Å². The van der Waals surface area contributed by atoms with Gasteiger partial charge in [0.05, 0.1) is 0 Å². The summed E-state index contributed by atoms with van der Waals surface area (Å²) in [5.74, 6) is 0.577. The first-order chi connectivity index (χ1) is 10.7. The molecule has 8 heteroatoms. The molecule has 4 nitrogen and oxygen atoms in total. The van der Waals surface area contributed by atoms with Crippen LogP contribution in [-0.4, -0.2) is 30.5 Å². The normalized spacial score (nSPS) is 16.1. The fourth-order valence-electron chi connectivity index (χ4n) is 2.57. The van der Waals surface area contributed by atoms with Crippen LogP contribution in [0, 0.1) is 5.92 Å². The third-order valence-corrected chi connectivity index (χ3v) is 4.94. The maximum atomic E-state index is 12.1. The average Bonchev–Trinajstić information content (AvgIpc) is 3.19. The molecule has 2 aromatic rings. The van der Waals surface area contributed by atoms with Crippen LogP contribution in [0.2, 0.25) is 5.02 Å². The second-order valence-corrected chi connectivity index (χ2v) is 6.75. The number of hydrogen-bond donors (Lipinski definition) is 2. The van der Waals surface area contributed by atoms with Gasteiger partial charge in [-0.2, -0.15) is 0 Å². The first-order valence-electron chi connectivity index (χ1n) is 7.43. The molecular weight excluding hydrogens is 389 g/mol. The summed E-state index contributed by atoms with van der Waals surface area (Å²) in [6.45, 7) is 2.86. The van der Waals surface area contributed by atoms with Gasteiger partial charge in [0.15, 0.2) is 0 Å². The number of benzene rings is 1. The number of rotatable bonds is 5. The van der Waals surface area contributed by atoms with Gasteiger partial charge in [-0.3, -0.25) is 4.79 Å². The highest BCUT2D eigenvalue weighted by molar-refractivity contribution is 7.13. The van der Waals surface area contributed by atoms with Crippen molar-refractivity contribution >= 4 is 53.7 Å². The summed E-state index contributed by atoms with van der Waals surface area (Å²) >= 11 is 7.45. The molecule has 1 fully saturated rings. The summed E-state index contributed by atoms with van der Waals surface area (Å²) in [5, 5.41) is 9.56. The SMILES string of the molecule is Cl.Cl.O=C(NCCC1CCNC1)c1csc(-c2cccc(Cl)c2)n1. The highest BCUT2D eigenvalue weighted by atomic mass is 35.5. The molecule has 1 unspecified atom stereocenters. The summed E-state index contributed by atoms with van der Waals surface area (Å²) < 4.78 is 0. The fourth-order valence-corrected chi connectivity index (χ4v) is 3.56. The number of amides is 1. The molecule has 132 valence electrons. The molecule has 2 N–H and O–H groups in total. The molecule has 0 radical (unpaired) electrons. The van der Waals surface area contributed by atoms with Crippen molar-refractivity contribution in [3.63, 3.8) is 0 Å². The molecule has 0 aliphatic carbocycles. The minimum atomic E-state index is -0.101. The molecule has 1 amide bonds. The van der Waals surface area contributed by atoms with Gasteiger partial charge in [-0.1, -0.05) is 23.7 Å². The zero-order chi connectivity index (χ0) is 15.4.